The van der Waals surface area contributed by atoms with Gasteiger partial charge in [-0.3, -0.25) is 0 Å². The van der Waals surface area contributed by atoms with Gasteiger partial charge in [-0.15, -0.1) is 0 Å². The molecular weight excluding hydrogens is 290 g/mol. The number of benzene rings is 1. The fraction of sp³-hybridized carbons (Fsp3) is 0. The van der Waals surface area contributed by atoms with Crippen LogP contribution in [0.3, 0.4) is 0 Å². The van der Waals surface area contributed by atoms with Crippen molar-refractivity contribution < 1.29 is 0 Å². The Balaban J connectivity index is 2.00. The Morgan fingerprint density at radius 1 is 0.889 bits per heavy atom. The second kappa shape index (κ2) is 4.74. The Hall–Kier alpha value is -1.94. The molecule has 0 unspecified atom stereocenters. The molecule has 3 aromatic rings. The van der Waals surface area contributed by atoms with Crippen molar-refractivity contribution in [2.75, 3.05) is 0 Å². The highest BCUT2D eigenvalue weighted by atomic mass is 79.9. The molecule has 0 atom stereocenters. The number of aromatic nitrogens is 3. The van der Waals surface area contributed by atoms with Gasteiger partial charge in [0.05, 0.1) is 6.20 Å². The van der Waals surface area contributed by atoms with Crippen LogP contribution in [0.2, 0.25) is 0 Å². The van der Waals surface area contributed by atoms with E-state index >= 15 is 0 Å². The van der Waals surface area contributed by atoms with E-state index in [1.165, 1.54) is 0 Å². The van der Waals surface area contributed by atoms with Crippen LogP contribution in [0.25, 0.3) is 16.9 Å². The summed E-state index contributed by atoms with van der Waals surface area (Å²) in [5.41, 5.74) is 2.23. The van der Waals surface area contributed by atoms with Gasteiger partial charge >= 0.3 is 0 Å². The summed E-state index contributed by atoms with van der Waals surface area (Å²) in [6.07, 6.45) is 3.82. The highest BCUT2D eigenvalue weighted by Gasteiger charge is 2.03. The minimum Gasteiger partial charge on any atom is -0.222 e. The predicted octanol–water partition coefficient (Wildman–Crippen LogP) is 3.70. The summed E-state index contributed by atoms with van der Waals surface area (Å²) in [5, 5.41) is 4.34. The van der Waals surface area contributed by atoms with Gasteiger partial charge in [-0.1, -0.05) is 36.4 Å². The van der Waals surface area contributed by atoms with E-state index in [1.807, 2.05) is 48.8 Å². The van der Waals surface area contributed by atoms with Crippen LogP contribution in [0.4, 0.5) is 0 Å². The van der Waals surface area contributed by atoms with E-state index in [0.29, 0.717) is 0 Å². The van der Waals surface area contributed by atoms with Crippen LogP contribution >= 0.6 is 15.9 Å². The number of pyridine rings is 1. The third-order valence-corrected chi connectivity index (χ3v) is 3.07. The molecule has 0 bridgehead atoms. The molecule has 0 aliphatic rings. The molecule has 18 heavy (non-hydrogen) atoms. The molecule has 0 aliphatic heterocycles. The molecule has 2 heterocycles. The lowest BCUT2D eigenvalue weighted by molar-refractivity contribution is 0.843. The SMILES string of the molecule is Brc1cccc(-n2cc(-c3ccccc3)cn2)n1. The average molecular weight is 300 g/mol. The molecular formula is C14H10BrN3. The molecule has 2 aromatic heterocycles. The van der Waals surface area contributed by atoms with Crippen LogP contribution in [0.15, 0.2) is 65.5 Å². The standard InChI is InChI=1S/C14H10BrN3/c15-13-7-4-8-14(17-13)18-10-12(9-16-18)11-5-2-1-3-6-11/h1-10H. The quantitative estimate of drug-likeness (QED) is 0.676. The molecule has 88 valence electrons. The van der Waals surface area contributed by atoms with Crippen LogP contribution in [0.5, 0.6) is 0 Å². The van der Waals surface area contributed by atoms with E-state index in [4.69, 9.17) is 0 Å². The first-order valence-electron chi connectivity index (χ1n) is 5.56. The summed E-state index contributed by atoms with van der Waals surface area (Å²) in [6, 6.07) is 15.9. The summed E-state index contributed by atoms with van der Waals surface area (Å²) < 4.78 is 2.57. The highest BCUT2D eigenvalue weighted by Crippen LogP contribution is 2.19. The smallest absolute Gasteiger partial charge is 0.154 e. The lowest BCUT2D eigenvalue weighted by Gasteiger charge is -1.99. The second-order valence-electron chi connectivity index (χ2n) is 3.86. The Morgan fingerprint density at radius 2 is 1.72 bits per heavy atom. The van der Waals surface area contributed by atoms with Crippen molar-refractivity contribution in [3.63, 3.8) is 0 Å². The first-order chi connectivity index (χ1) is 8.83. The Labute approximate surface area is 113 Å². The molecule has 0 amide bonds. The third-order valence-electron chi connectivity index (χ3n) is 2.62. The van der Waals surface area contributed by atoms with Gasteiger partial charge < -0.3 is 0 Å². The van der Waals surface area contributed by atoms with Crippen LogP contribution in [-0.4, -0.2) is 14.8 Å². The van der Waals surface area contributed by atoms with Gasteiger partial charge in [0, 0.05) is 11.8 Å². The monoisotopic (exact) mass is 299 g/mol. The largest absolute Gasteiger partial charge is 0.222 e. The van der Waals surface area contributed by atoms with Crippen molar-refractivity contribution >= 4 is 15.9 Å². The Bertz CT molecular complexity index is 662. The zero-order chi connectivity index (χ0) is 12.4. The maximum atomic E-state index is 4.37. The zero-order valence-electron chi connectivity index (χ0n) is 9.49. The number of halogens is 1. The predicted molar refractivity (Wildman–Crippen MR) is 74.5 cm³/mol. The number of nitrogens with zero attached hydrogens (tertiary/aromatic N) is 3. The molecule has 0 fully saturated rings. The average Bonchev–Trinajstić information content (AvgIpc) is 2.89. The van der Waals surface area contributed by atoms with Crippen molar-refractivity contribution in [2.24, 2.45) is 0 Å². The topological polar surface area (TPSA) is 30.7 Å². The van der Waals surface area contributed by atoms with Crippen molar-refractivity contribution in [3.8, 4) is 16.9 Å². The van der Waals surface area contributed by atoms with Crippen molar-refractivity contribution in [2.45, 2.75) is 0 Å². The van der Waals surface area contributed by atoms with E-state index in [9.17, 15) is 0 Å². The van der Waals surface area contributed by atoms with Gasteiger partial charge in [0.15, 0.2) is 5.82 Å². The molecule has 4 heteroatoms. The Kier molecular flexibility index (Phi) is 2.94. The Morgan fingerprint density at radius 3 is 2.50 bits per heavy atom. The fourth-order valence-electron chi connectivity index (χ4n) is 1.75. The number of rotatable bonds is 2. The maximum absolute atomic E-state index is 4.37. The minimum atomic E-state index is 0.798. The van der Waals surface area contributed by atoms with Gasteiger partial charge in [-0.2, -0.15) is 5.10 Å². The van der Waals surface area contributed by atoms with Gasteiger partial charge in [-0.05, 0) is 33.6 Å². The summed E-state index contributed by atoms with van der Waals surface area (Å²) in [5.74, 6) is 0.798. The minimum absolute atomic E-state index is 0.798. The van der Waals surface area contributed by atoms with Crippen LogP contribution in [0.1, 0.15) is 0 Å². The maximum Gasteiger partial charge on any atom is 0.154 e. The van der Waals surface area contributed by atoms with E-state index in [-0.39, 0.29) is 0 Å². The van der Waals surface area contributed by atoms with E-state index in [0.717, 1.165) is 21.5 Å². The van der Waals surface area contributed by atoms with E-state index in [1.54, 1.807) is 4.68 Å². The number of hydrogen-bond donors (Lipinski definition) is 0. The first kappa shape index (κ1) is 11.2. The first-order valence-corrected chi connectivity index (χ1v) is 6.35. The van der Waals surface area contributed by atoms with Crippen molar-refractivity contribution in [1.82, 2.24) is 14.8 Å². The molecule has 1 aromatic carbocycles. The van der Waals surface area contributed by atoms with Gasteiger partial charge in [0.1, 0.15) is 4.60 Å². The highest BCUT2D eigenvalue weighted by molar-refractivity contribution is 9.10. The summed E-state index contributed by atoms with van der Waals surface area (Å²) in [4.78, 5) is 4.37. The van der Waals surface area contributed by atoms with Crippen LogP contribution < -0.4 is 0 Å². The molecule has 0 radical (unpaired) electrons. The van der Waals surface area contributed by atoms with E-state index < -0.39 is 0 Å². The fourth-order valence-corrected chi connectivity index (χ4v) is 2.09. The molecule has 0 saturated heterocycles. The normalized spacial score (nSPS) is 10.5. The van der Waals surface area contributed by atoms with Crippen molar-refractivity contribution in [3.05, 3.63) is 65.5 Å². The molecule has 0 N–H and O–H groups in total. The van der Waals surface area contributed by atoms with E-state index in [2.05, 4.69) is 38.1 Å². The van der Waals surface area contributed by atoms with Crippen molar-refractivity contribution in [1.29, 1.82) is 0 Å². The molecule has 0 spiro atoms. The third kappa shape index (κ3) is 2.19. The lowest BCUT2D eigenvalue weighted by atomic mass is 10.1. The molecule has 3 nitrogen and oxygen atoms in total. The van der Waals surface area contributed by atoms with Crippen LogP contribution in [-0.2, 0) is 0 Å². The zero-order valence-corrected chi connectivity index (χ0v) is 11.1. The molecule has 0 saturated carbocycles. The molecule has 0 aliphatic carbocycles. The van der Waals surface area contributed by atoms with Gasteiger partial charge in [0.25, 0.3) is 0 Å². The van der Waals surface area contributed by atoms with Gasteiger partial charge in [0.2, 0.25) is 0 Å². The summed E-state index contributed by atoms with van der Waals surface area (Å²) >= 11 is 3.36. The van der Waals surface area contributed by atoms with Crippen LogP contribution in [0, 0.1) is 0 Å². The number of hydrogen-bond acceptors (Lipinski definition) is 2. The lowest BCUT2D eigenvalue weighted by Crippen LogP contribution is -1.97. The summed E-state index contributed by atoms with van der Waals surface area (Å²) in [6.45, 7) is 0. The molecule has 3 rings (SSSR count). The summed E-state index contributed by atoms with van der Waals surface area (Å²) in [7, 11) is 0. The van der Waals surface area contributed by atoms with Gasteiger partial charge in [-0.25, -0.2) is 9.67 Å². The second-order valence-corrected chi connectivity index (χ2v) is 4.67.